The Morgan fingerprint density at radius 3 is 2.61 bits per heavy atom. The Kier molecular flexibility index (Phi) is 6.71. The van der Waals surface area contributed by atoms with Crippen LogP contribution in [0.2, 0.25) is 5.02 Å². The Balaban J connectivity index is 1.32. The van der Waals surface area contributed by atoms with Crippen molar-refractivity contribution in [3.05, 3.63) is 75.8 Å². The number of amides is 1. The normalized spacial score (nSPS) is 14.2. The maximum Gasteiger partial charge on any atom is 0.227 e. The Morgan fingerprint density at radius 1 is 1.13 bits per heavy atom. The summed E-state index contributed by atoms with van der Waals surface area (Å²) in [4.78, 5) is 20.5. The number of anilines is 1. The summed E-state index contributed by atoms with van der Waals surface area (Å²) in [6, 6.07) is 16.3. The van der Waals surface area contributed by atoms with Crippen molar-refractivity contribution in [2.24, 2.45) is 0 Å². The van der Waals surface area contributed by atoms with Crippen molar-refractivity contribution in [3.63, 3.8) is 0 Å². The van der Waals surface area contributed by atoms with Crippen molar-refractivity contribution in [1.29, 1.82) is 0 Å². The molecule has 31 heavy (non-hydrogen) atoms. The summed E-state index contributed by atoms with van der Waals surface area (Å²) < 4.78 is 24.8. The van der Waals surface area contributed by atoms with E-state index in [1.807, 2.05) is 18.2 Å². The highest BCUT2D eigenvalue weighted by Crippen LogP contribution is 2.29. The van der Waals surface area contributed by atoms with Crippen LogP contribution in [0.3, 0.4) is 0 Å². The topological polar surface area (TPSA) is 79.4 Å². The lowest BCUT2D eigenvalue weighted by molar-refractivity contribution is -0.115. The molecule has 0 saturated heterocycles. The molecule has 0 fully saturated rings. The van der Waals surface area contributed by atoms with Crippen LogP contribution in [0.1, 0.15) is 22.6 Å². The number of benzene rings is 2. The summed E-state index contributed by atoms with van der Waals surface area (Å²) in [6.07, 6.45) is 0.703. The van der Waals surface area contributed by atoms with Gasteiger partial charge in [-0.05, 0) is 29.8 Å². The average Bonchev–Trinajstić information content (AvgIpc) is 3.15. The number of rotatable bonds is 7. The lowest BCUT2D eigenvalue weighted by Gasteiger charge is -2.25. The van der Waals surface area contributed by atoms with Crippen molar-refractivity contribution in [2.45, 2.75) is 30.8 Å². The van der Waals surface area contributed by atoms with E-state index in [0.29, 0.717) is 10.2 Å². The summed E-state index contributed by atoms with van der Waals surface area (Å²) in [6.45, 7) is 2.59. The maximum atomic E-state index is 12.4. The predicted octanol–water partition coefficient (Wildman–Crippen LogP) is 4.16. The number of hydrogen-bond donors (Lipinski definition) is 1. The molecule has 3 aromatic rings. The highest BCUT2D eigenvalue weighted by Gasteiger charge is 2.22. The molecule has 1 N–H and O–H groups in total. The van der Waals surface area contributed by atoms with Gasteiger partial charge in [-0.25, -0.2) is 13.4 Å². The van der Waals surface area contributed by atoms with E-state index in [4.69, 9.17) is 11.6 Å². The van der Waals surface area contributed by atoms with E-state index < -0.39 is 9.84 Å². The second-order valence-corrected chi connectivity index (χ2v) is 11.0. The third kappa shape index (κ3) is 5.71. The van der Waals surface area contributed by atoms with E-state index in [1.54, 1.807) is 0 Å². The zero-order valence-electron chi connectivity index (χ0n) is 16.8. The van der Waals surface area contributed by atoms with Crippen LogP contribution in [0.15, 0.2) is 59.5 Å². The second kappa shape index (κ2) is 9.48. The summed E-state index contributed by atoms with van der Waals surface area (Å²) in [5.41, 5.74) is 2.28. The molecule has 1 amide bonds. The Labute approximate surface area is 190 Å². The van der Waals surface area contributed by atoms with Gasteiger partial charge in [-0.3, -0.25) is 9.69 Å². The standard InChI is InChI=1S/C22H22ClN3O3S2/c23-17-6-8-18(9-7-17)31(28,29)13-11-21(27)25-22-24-19-10-12-26(15-20(19)30-22)14-16-4-2-1-3-5-16/h1-9H,10-15H2,(H,24,25,27). The molecule has 0 unspecified atom stereocenters. The fourth-order valence-electron chi connectivity index (χ4n) is 3.45. The third-order valence-electron chi connectivity index (χ3n) is 5.08. The lowest BCUT2D eigenvalue weighted by atomic mass is 10.1. The number of hydrogen-bond acceptors (Lipinski definition) is 6. The number of nitrogens with zero attached hydrogens (tertiary/aromatic N) is 2. The molecular formula is C22H22ClN3O3S2. The van der Waals surface area contributed by atoms with Crippen LogP contribution >= 0.6 is 22.9 Å². The van der Waals surface area contributed by atoms with Crippen LogP contribution in [0.25, 0.3) is 0 Å². The van der Waals surface area contributed by atoms with E-state index in [2.05, 4.69) is 27.3 Å². The van der Waals surface area contributed by atoms with Crippen molar-refractivity contribution in [3.8, 4) is 0 Å². The predicted molar refractivity (Wildman–Crippen MR) is 123 cm³/mol. The molecule has 0 saturated carbocycles. The second-order valence-electron chi connectivity index (χ2n) is 7.41. The van der Waals surface area contributed by atoms with Gasteiger partial charge in [0.25, 0.3) is 0 Å². The first-order valence-electron chi connectivity index (χ1n) is 9.92. The number of carbonyl (C=O) groups excluding carboxylic acids is 1. The number of halogens is 1. The summed E-state index contributed by atoms with van der Waals surface area (Å²) >= 11 is 7.26. The number of fused-ring (bicyclic) bond motifs is 1. The molecule has 0 spiro atoms. The van der Waals surface area contributed by atoms with Crippen molar-refractivity contribution in [1.82, 2.24) is 9.88 Å². The van der Waals surface area contributed by atoms with Crippen LogP contribution in [-0.2, 0) is 34.1 Å². The molecule has 0 atom stereocenters. The Bertz CT molecular complexity index is 1160. The average molecular weight is 476 g/mol. The van der Waals surface area contributed by atoms with Crippen LogP contribution in [0, 0.1) is 0 Å². The highest BCUT2D eigenvalue weighted by molar-refractivity contribution is 7.91. The summed E-state index contributed by atoms with van der Waals surface area (Å²) in [7, 11) is -3.55. The van der Waals surface area contributed by atoms with E-state index >= 15 is 0 Å². The van der Waals surface area contributed by atoms with Gasteiger partial charge in [0.15, 0.2) is 15.0 Å². The van der Waals surface area contributed by atoms with Crippen molar-refractivity contribution in [2.75, 3.05) is 17.6 Å². The molecule has 162 valence electrons. The molecule has 2 heterocycles. The zero-order valence-corrected chi connectivity index (χ0v) is 19.1. The monoisotopic (exact) mass is 475 g/mol. The maximum absolute atomic E-state index is 12.4. The molecule has 6 nitrogen and oxygen atoms in total. The molecule has 0 aliphatic carbocycles. The fourth-order valence-corrected chi connectivity index (χ4v) is 5.88. The SMILES string of the molecule is O=C(CCS(=O)(=O)c1ccc(Cl)cc1)Nc1nc2c(s1)CN(Cc1ccccc1)CC2. The van der Waals surface area contributed by atoms with Gasteiger partial charge in [-0.15, -0.1) is 11.3 Å². The first kappa shape index (κ1) is 22.0. The van der Waals surface area contributed by atoms with Crippen LogP contribution in [-0.4, -0.2) is 36.5 Å². The number of sulfone groups is 1. The molecule has 2 aromatic carbocycles. The third-order valence-corrected chi connectivity index (χ3v) is 8.06. The molecule has 1 aliphatic rings. The minimum Gasteiger partial charge on any atom is -0.302 e. The first-order valence-corrected chi connectivity index (χ1v) is 12.8. The fraction of sp³-hybridized carbons (Fsp3) is 0.273. The molecule has 4 rings (SSSR count). The smallest absolute Gasteiger partial charge is 0.227 e. The number of thiazole rings is 1. The van der Waals surface area contributed by atoms with Crippen LogP contribution in [0.5, 0.6) is 0 Å². The summed E-state index contributed by atoms with van der Waals surface area (Å²) in [5.74, 6) is -0.624. The first-order chi connectivity index (χ1) is 14.9. The van der Waals surface area contributed by atoms with Crippen molar-refractivity contribution < 1.29 is 13.2 Å². The number of carbonyl (C=O) groups is 1. The molecule has 0 bridgehead atoms. The minimum absolute atomic E-state index is 0.130. The quantitative estimate of drug-likeness (QED) is 0.555. The van der Waals surface area contributed by atoms with Crippen LogP contribution in [0.4, 0.5) is 5.13 Å². The molecule has 9 heteroatoms. The van der Waals surface area contributed by atoms with Gasteiger partial charge in [0.05, 0.1) is 16.3 Å². The zero-order chi connectivity index (χ0) is 21.8. The van der Waals surface area contributed by atoms with Gasteiger partial charge >= 0.3 is 0 Å². The van der Waals surface area contributed by atoms with Crippen molar-refractivity contribution >= 4 is 43.8 Å². The molecular weight excluding hydrogens is 454 g/mol. The van der Waals surface area contributed by atoms with Crippen LogP contribution < -0.4 is 5.32 Å². The molecule has 1 aliphatic heterocycles. The van der Waals surface area contributed by atoms with E-state index in [9.17, 15) is 13.2 Å². The van der Waals surface area contributed by atoms with Gasteiger partial charge in [0.1, 0.15) is 0 Å². The Morgan fingerprint density at radius 2 is 1.87 bits per heavy atom. The van der Waals surface area contributed by atoms with E-state index in [1.165, 1.54) is 41.2 Å². The van der Waals surface area contributed by atoms with E-state index in [-0.39, 0.29) is 23.0 Å². The highest BCUT2D eigenvalue weighted by atomic mass is 35.5. The van der Waals surface area contributed by atoms with Gasteiger partial charge in [-0.1, -0.05) is 41.9 Å². The summed E-state index contributed by atoms with van der Waals surface area (Å²) in [5, 5.41) is 3.75. The number of aromatic nitrogens is 1. The van der Waals surface area contributed by atoms with Gasteiger partial charge in [0, 0.05) is 42.4 Å². The minimum atomic E-state index is -3.55. The van der Waals surface area contributed by atoms with Gasteiger partial charge < -0.3 is 5.32 Å². The molecule has 0 radical (unpaired) electrons. The Hall–Kier alpha value is -2.26. The van der Waals surface area contributed by atoms with Gasteiger partial charge in [-0.2, -0.15) is 0 Å². The largest absolute Gasteiger partial charge is 0.302 e. The lowest BCUT2D eigenvalue weighted by Crippen LogP contribution is -2.29. The molecule has 1 aromatic heterocycles. The van der Waals surface area contributed by atoms with Gasteiger partial charge in [0.2, 0.25) is 5.91 Å². The number of nitrogens with one attached hydrogen (secondary N) is 1. The van der Waals surface area contributed by atoms with E-state index in [0.717, 1.165) is 36.6 Å².